The number of hydrogen-bond acceptors (Lipinski definition) is 4. The summed E-state index contributed by atoms with van der Waals surface area (Å²) in [6.07, 6.45) is 0.855. The number of rotatable bonds is 4. The quantitative estimate of drug-likeness (QED) is 0.873. The summed E-state index contributed by atoms with van der Waals surface area (Å²) in [5, 5.41) is 10.1. The van der Waals surface area contributed by atoms with Gasteiger partial charge >= 0.3 is 0 Å². The smallest absolute Gasteiger partial charge is 0.227 e. The molecule has 0 spiro atoms. The second-order valence-electron chi connectivity index (χ2n) is 4.22. The van der Waals surface area contributed by atoms with Gasteiger partial charge in [0.25, 0.3) is 0 Å². The van der Waals surface area contributed by atoms with Crippen LogP contribution in [0.15, 0.2) is 40.9 Å². The van der Waals surface area contributed by atoms with E-state index in [2.05, 4.69) is 4.98 Å². The lowest BCUT2D eigenvalue weighted by atomic mass is 10.1. The average molecular weight is 232 g/mol. The zero-order valence-electron chi connectivity index (χ0n) is 10.00. The minimum atomic E-state index is -0.799. The van der Waals surface area contributed by atoms with Crippen molar-refractivity contribution in [2.24, 2.45) is 0 Å². The van der Waals surface area contributed by atoms with Gasteiger partial charge in [0, 0.05) is 0 Å². The van der Waals surface area contributed by atoms with Gasteiger partial charge in [-0.25, -0.2) is 4.98 Å². The summed E-state index contributed by atoms with van der Waals surface area (Å²) in [6, 6.07) is 9.36. The molecule has 0 radical (unpaired) electrons. The summed E-state index contributed by atoms with van der Waals surface area (Å²) in [7, 11) is 3.91. The molecule has 1 heterocycles. The number of aliphatic hydroxyl groups excluding tert-OH is 1. The van der Waals surface area contributed by atoms with Crippen LogP contribution in [0.1, 0.15) is 23.3 Å². The van der Waals surface area contributed by atoms with E-state index in [-0.39, 0.29) is 0 Å². The molecule has 0 bridgehead atoms. The van der Waals surface area contributed by atoms with E-state index in [9.17, 15) is 5.11 Å². The molecule has 90 valence electrons. The van der Waals surface area contributed by atoms with Gasteiger partial charge in [-0.05, 0) is 19.7 Å². The van der Waals surface area contributed by atoms with E-state index in [0.29, 0.717) is 12.4 Å². The molecule has 4 heteroatoms. The van der Waals surface area contributed by atoms with Crippen molar-refractivity contribution in [1.82, 2.24) is 9.88 Å². The summed E-state index contributed by atoms with van der Waals surface area (Å²) in [5.41, 5.74) is 0.783. The molecule has 1 aromatic carbocycles. The molecule has 0 saturated carbocycles. The lowest BCUT2D eigenvalue weighted by Gasteiger charge is -2.07. The highest BCUT2D eigenvalue weighted by Crippen LogP contribution is 2.21. The largest absolute Gasteiger partial charge is 0.441 e. The van der Waals surface area contributed by atoms with E-state index in [1.165, 1.54) is 0 Å². The minimum absolute atomic E-state index is 0.341. The van der Waals surface area contributed by atoms with Gasteiger partial charge in [0.05, 0.1) is 12.7 Å². The zero-order chi connectivity index (χ0) is 12.3. The summed E-state index contributed by atoms with van der Waals surface area (Å²) in [5.74, 6) is 1.09. The van der Waals surface area contributed by atoms with E-state index in [4.69, 9.17) is 4.42 Å². The predicted molar refractivity (Wildman–Crippen MR) is 64.4 cm³/mol. The first-order valence-corrected chi connectivity index (χ1v) is 5.49. The molecule has 4 nitrogen and oxygen atoms in total. The maximum atomic E-state index is 10.1. The molecule has 1 unspecified atom stereocenters. The Hall–Kier alpha value is -1.65. The maximum absolute atomic E-state index is 10.1. The Morgan fingerprint density at radius 2 is 2.00 bits per heavy atom. The van der Waals surface area contributed by atoms with Crippen LogP contribution in [0.4, 0.5) is 0 Å². The molecule has 0 fully saturated rings. The summed E-state index contributed by atoms with van der Waals surface area (Å²) in [4.78, 5) is 6.09. The van der Waals surface area contributed by atoms with Crippen molar-refractivity contribution in [2.75, 3.05) is 14.1 Å². The fraction of sp³-hybridized carbons (Fsp3) is 0.308. The van der Waals surface area contributed by atoms with Crippen LogP contribution in [0, 0.1) is 0 Å². The van der Waals surface area contributed by atoms with Crippen LogP contribution in [0.5, 0.6) is 0 Å². The Balaban J connectivity index is 2.15. The van der Waals surface area contributed by atoms with Crippen LogP contribution >= 0.6 is 0 Å². The molecule has 0 aliphatic rings. The van der Waals surface area contributed by atoms with E-state index in [1.807, 2.05) is 49.3 Å². The number of aromatic nitrogens is 1. The van der Waals surface area contributed by atoms with Gasteiger partial charge in [-0.1, -0.05) is 30.3 Å². The Kier molecular flexibility index (Phi) is 3.56. The predicted octanol–water partition coefficient (Wildman–Crippen LogP) is 1.82. The van der Waals surface area contributed by atoms with Crippen molar-refractivity contribution in [3.8, 4) is 0 Å². The molecule has 1 aromatic heterocycles. The highest BCUT2D eigenvalue weighted by molar-refractivity contribution is 5.21. The first kappa shape index (κ1) is 11.8. The normalized spacial score (nSPS) is 12.9. The topological polar surface area (TPSA) is 49.5 Å². The third-order valence-corrected chi connectivity index (χ3v) is 2.39. The SMILES string of the molecule is CN(C)Cc1cnc(C(O)c2ccccc2)o1. The highest BCUT2D eigenvalue weighted by Gasteiger charge is 2.16. The Labute approximate surface area is 101 Å². The molecule has 1 N–H and O–H groups in total. The lowest BCUT2D eigenvalue weighted by Crippen LogP contribution is -2.09. The number of hydrogen-bond donors (Lipinski definition) is 1. The van der Waals surface area contributed by atoms with Gasteiger partial charge in [0.1, 0.15) is 5.76 Å². The Bertz CT molecular complexity index is 465. The number of benzene rings is 1. The summed E-state index contributed by atoms with van der Waals surface area (Å²) < 4.78 is 5.51. The van der Waals surface area contributed by atoms with E-state index in [1.54, 1.807) is 6.20 Å². The average Bonchev–Trinajstić information content (AvgIpc) is 2.77. The third kappa shape index (κ3) is 2.93. The molecular weight excluding hydrogens is 216 g/mol. The second-order valence-corrected chi connectivity index (χ2v) is 4.22. The van der Waals surface area contributed by atoms with Crippen LogP contribution in [-0.2, 0) is 6.54 Å². The van der Waals surface area contributed by atoms with Gasteiger partial charge in [0.15, 0.2) is 6.10 Å². The van der Waals surface area contributed by atoms with Gasteiger partial charge in [-0.15, -0.1) is 0 Å². The van der Waals surface area contributed by atoms with Crippen LogP contribution in [0.2, 0.25) is 0 Å². The first-order valence-electron chi connectivity index (χ1n) is 5.49. The van der Waals surface area contributed by atoms with Gasteiger partial charge in [-0.2, -0.15) is 0 Å². The highest BCUT2D eigenvalue weighted by atomic mass is 16.4. The fourth-order valence-electron chi connectivity index (χ4n) is 1.61. The minimum Gasteiger partial charge on any atom is -0.441 e. The molecule has 0 aliphatic carbocycles. The molecule has 0 saturated heterocycles. The van der Waals surface area contributed by atoms with E-state index >= 15 is 0 Å². The molecule has 0 aliphatic heterocycles. The molecular formula is C13H16N2O2. The van der Waals surface area contributed by atoms with Crippen LogP contribution in [0.25, 0.3) is 0 Å². The van der Waals surface area contributed by atoms with Crippen LogP contribution in [0.3, 0.4) is 0 Å². The van der Waals surface area contributed by atoms with Gasteiger partial charge in [0.2, 0.25) is 5.89 Å². The summed E-state index contributed by atoms with van der Waals surface area (Å²) >= 11 is 0. The van der Waals surface area contributed by atoms with Gasteiger partial charge < -0.3 is 14.4 Å². The maximum Gasteiger partial charge on any atom is 0.227 e. The number of oxazole rings is 1. The number of nitrogens with zero attached hydrogens (tertiary/aromatic N) is 2. The van der Waals surface area contributed by atoms with Crippen molar-refractivity contribution >= 4 is 0 Å². The van der Waals surface area contributed by atoms with Gasteiger partial charge in [-0.3, -0.25) is 0 Å². The third-order valence-electron chi connectivity index (χ3n) is 2.39. The molecule has 17 heavy (non-hydrogen) atoms. The fourth-order valence-corrected chi connectivity index (χ4v) is 1.61. The zero-order valence-corrected chi connectivity index (χ0v) is 10.00. The lowest BCUT2D eigenvalue weighted by molar-refractivity contribution is 0.177. The van der Waals surface area contributed by atoms with Crippen LogP contribution in [-0.4, -0.2) is 29.1 Å². The first-order chi connectivity index (χ1) is 8.16. The molecule has 2 aromatic rings. The standard InChI is InChI=1S/C13H16N2O2/c1-15(2)9-11-8-14-13(17-11)12(16)10-6-4-3-5-7-10/h3-8,12,16H,9H2,1-2H3. The van der Waals surface area contributed by atoms with Crippen molar-refractivity contribution in [3.05, 3.63) is 53.7 Å². The molecule has 0 amide bonds. The van der Waals surface area contributed by atoms with E-state index in [0.717, 1.165) is 11.3 Å². The van der Waals surface area contributed by atoms with E-state index < -0.39 is 6.10 Å². The molecule has 1 atom stereocenters. The van der Waals surface area contributed by atoms with Crippen molar-refractivity contribution in [2.45, 2.75) is 12.6 Å². The second kappa shape index (κ2) is 5.12. The monoisotopic (exact) mass is 232 g/mol. The number of aliphatic hydroxyl groups is 1. The molecule has 2 rings (SSSR count). The summed E-state index contributed by atoms with van der Waals surface area (Å²) in [6.45, 7) is 0.675. The van der Waals surface area contributed by atoms with Crippen molar-refractivity contribution < 1.29 is 9.52 Å². The Morgan fingerprint density at radius 3 is 2.65 bits per heavy atom. The van der Waals surface area contributed by atoms with Crippen molar-refractivity contribution in [1.29, 1.82) is 0 Å². The Morgan fingerprint density at radius 1 is 1.29 bits per heavy atom. The van der Waals surface area contributed by atoms with Crippen LogP contribution < -0.4 is 0 Å². The van der Waals surface area contributed by atoms with Crippen molar-refractivity contribution in [3.63, 3.8) is 0 Å².